The number of benzene rings is 1. The molecule has 0 bridgehead atoms. The average molecular weight is 271 g/mol. The van der Waals surface area contributed by atoms with Gasteiger partial charge in [0, 0.05) is 10.0 Å². The first-order valence-corrected chi connectivity index (χ1v) is 4.99. The van der Waals surface area contributed by atoms with Crippen LogP contribution in [0.1, 0.15) is 17.3 Å². The minimum atomic E-state index is -0.598. The van der Waals surface area contributed by atoms with Crippen LogP contribution in [0.2, 0.25) is 0 Å². The maximum absolute atomic E-state index is 12.9. The van der Waals surface area contributed by atoms with Crippen molar-refractivity contribution < 1.29 is 9.18 Å². The van der Waals surface area contributed by atoms with Crippen molar-refractivity contribution in [1.82, 2.24) is 5.32 Å². The molecule has 0 aliphatic rings. The van der Waals surface area contributed by atoms with Gasteiger partial charge in [-0.1, -0.05) is 15.9 Å². The minimum absolute atomic E-state index is 0.184. The van der Waals surface area contributed by atoms with E-state index in [0.717, 1.165) is 6.07 Å². The standard InChI is InChI=1S/C10H8BrFN2O/c1-6(5-13)14-10(15)7-2-8(11)4-9(12)3-7/h2-4,6H,1H3,(H,14,15). The molecule has 0 aliphatic heterocycles. The highest BCUT2D eigenvalue weighted by atomic mass is 79.9. The molecule has 1 atom stereocenters. The van der Waals surface area contributed by atoms with E-state index in [-0.39, 0.29) is 5.56 Å². The molecule has 1 aromatic rings. The van der Waals surface area contributed by atoms with E-state index < -0.39 is 17.8 Å². The monoisotopic (exact) mass is 270 g/mol. The lowest BCUT2D eigenvalue weighted by Gasteiger charge is -2.06. The Morgan fingerprint density at radius 3 is 2.80 bits per heavy atom. The molecule has 5 heteroatoms. The smallest absolute Gasteiger partial charge is 0.252 e. The molecule has 1 rings (SSSR count). The molecule has 1 aromatic carbocycles. The van der Waals surface area contributed by atoms with Crippen LogP contribution in [0.15, 0.2) is 22.7 Å². The van der Waals surface area contributed by atoms with E-state index in [1.54, 1.807) is 6.92 Å². The van der Waals surface area contributed by atoms with E-state index >= 15 is 0 Å². The Balaban J connectivity index is 2.88. The zero-order valence-corrected chi connectivity index (χ0v) is 9.51. The molecule has 15 heavy (non-hydrogen) atoms. The highest BCUT2D eigenvalue weighted by Crippen LogP contribution is 2.14. The summed E-state index contributed by atoms with van der Waals surface area (Å²) in [6.45, 7) is 1.55. The minimum Gasteiger partial charge on any atom is -0.337 e. The highest BCUT2D eigenvalue weighted by molar-refractivity contribution is 9.10. The molecule has 0 radical (unpaired) electrons. The van der Waals surface area contributed by atoms with Gasteiger partial charge in [0.25, 0.3) is 5.91 Å². The van der Waals surface area contributed by atoms with Crippen LogP contribution in [0.4, 0.5) is 4.39 Å². The molecule has 0 saturated carbocycles. The normalized spacial score (nSPS) is 11.6. The molecule has 1 N–H and O–H groups in total. The van der Waals surface area contributed by atoms with Gasteiger partial charge in [-0.15, -0.1) is 0 Å². The molecular formula is C10H8BrFN2O. The van der Waals surface area contributed by atoms with Gasteiger partial charge in [0.05, 0.1) is 6.07 Å². The van der Waals surface area contributed by atoms with Gasteiger partial charge in [0.2, 0.25) is 0 Å². The van der Waals surface area contributed by atoms with Crippen molar-refractivity contribution >= 4 is 21.8 Å². The molecule has 0 spiro atoms. The number of nitrogens with zero attached hydrogens (tertiary/aromatic N) is 1. The third kappa shape index (κ3) is 3.33. The average Bonchev–Trinajstić information content (AvgIpc) is 2.16. The second kappa shape index (κ2) is 4.89. The van der Waals surface area contributed by atoms with Crippen LogP contribution in [0.5, 0.6) is 0 Å². The number of nitrogens with one attached hydrogen (secondary N) is 1. The zero-order chi connectivity index (χ0) is 11.4. The van der Waals surface area contributed by atoms with Crippen molar-refractivity contribution in [2.24, 2.45) is 0 Å². The van der Waals surface area contributed by atoms with E-state index in [1.165, 1.54) is 12.1 Å². The summed E-state index contributed by atoms with van der Waals surface area (Å²) >= 11 is 3.08. The van der Waals surface area contributed by atoms with Gasteiger partial charge in [-0.05, 0) is 25.1 Å². The lowest BCUT2D eigenvalue weighted by Crippen LogP contribution is -2.31. The van der Waals surface area contributed by atoms with Crippen LogP contribution in [-0.2, 0) is 0 Å². The van der Waals surface area contributed by atoms with E-state index in [0.29, 0.717) is 4.47 Å². The Hall–Kier alpha value is -1.41. The fourth-order valence-electron chi connectivity index (χ4n) is 0.997. The first kappa shape index (κ1) is 11.7. The second-order valence-electron chi connectivity index (χ2n) is 2.98. The number of hydrogen-bond donors (Lipinski definition) is 1. The number of amides is 1. The number of carbonyl (C=O) groups is 1. The van der Waals surface area contributed by atoms with Crippen LogP contribution in [-0.4, -0.2) is 11.9 Å². The van der Waals surface area contributed by atoms with Crippen LogP contribution < -0.4 is 5.32 Å². The van der Waals surface area contributed by atoms with Crippen molar-refractivity contribution in [3.63, 3.8) is 0 Å². The fourth-order valence-corrected chi connectivity index (χ4v) is 1.46. The van der Waals surface area contributed by atoms with E-state index in [9.17, 15) is 9.18 Å². The van der Waals surface area contributed by atoms with Crippen LogP contribution in [0, 0.1) is 17.1 Å². The molecule has 1 unspecified atom stereocenters. The van der Waals surface area contributed by atoms with Gasteiger partial charge in [-0.3, -0.25) is 4.79 Å². The largest absolute Gasteiger partial charge is 0.337 e. The molecule has 0 saturated heterocycles. The summed E-state index contributed by atoms with van der Waals surface area (Å²) in [6.07, 6.45) is 0. The number of carbonyl (C=O) groups excluding carboxylic acids is 1. The van der Waals surface area contributed by atoms with Crippen LogP contribution >= 0.6 is 15.9 Å². The van der Waals surface area contributed by atoms with E-state index in [1.807, 2.05) is 6.07 Å². The fraction of sp³-hybridized carbons (Fsp3) is 0.200. The Kier molecular flexibility index (Phi) is 3.81. The maximum Gasteiger partial charge on any atom is 0.252 e. The third-order valence-corrected chi connectivity index (χ3v) is 2.12. The predicted molar refractivity (Wildman–Crippen MR) is 56.6 cm³/mol. The van der Waals surface area contributed by atoms with Crippen molar-refractivity contribution in [2.75, 3.05) is 0 Å². The summed E-state index contributed by atoms with van der Waals surface area (Å²) in [7, 11) is 0. The molecule has 0 aromatic heterocycles. The molecule has 3 nitrogen and oxygen atoms in total. The summed E-state index contributed by atoms with van der Waals surface area (Å²) in [4.78, 5) is 11.5. The van der Waals surface area contributed by atoms with Crippen molar-refractivity contribution in [3.05, 3.63) is 34.1 Å². The third-order valence-electron chi connectivity index (χ3n) is 1.67. The lowest BCUT2D eigenvalue weighted by atomic mass is 10.2. The Bertz CT molecular complexity index is 408. The van der Waals surface area contributed by atoms with Crippen molar-refractivity contribution in [2.45, 2.75) is 13.0 Å². The Labute approximate surface area is 95.0 Å². The summed E-state index contributed by atoms with van der Waals surface area (Å²) in [5.41, 5.74) is 0.184. The summed E-state index contributed by atoms with van der Waals surface area (Å²) in [5.74, 6) is -0.969. The Morgan fingerprint density at radius 1 is 1.60 bits per heavy atom. The number of halogens is 2. The SMILES string of the molecule is CC(C#N)NC(=O)c1cc(F)cc(Br)c1. The summed E-state index contributed by atoms with van der Waals surface area (Å²) < 4.78 is 13.4. The van der Waals surface area contributed by atoms with E-state index in [2.05, 4.69) is 21.2 Å². The first-order chi connectivity index (χ1) is 7.02. The quantitative estimate of drug-likeness (QED) is 0.896. The lowest BCUT2D eigenvalue weighted by molar-refractivity contribution is 0.0947. The molecule has 78 valence electrons. The second-order valence-corrected chi connectivity index (χ2v) is 3.90. The molecule has 0 heterocycles. The molecule has 1 amide bonds. The van der Waals surface area contributed by atoms with E-state index in [4.69, 9.17) is 5.26 Å². The topological polar surface area (TPSA) is 52.9 Å². The highest BCUT2D eigenvalue weighted by Gasteiger charge is 2.10. The van der Waals surface area contributed by atoms with Crippen LogP contribution in [0.25, 0.3) is 0 Å². The van der Waals surface area contributed by atoms with Gasteiger partial charge in [-0.2, -0.15) is 5.26 Å². The number of nitriles is 1. The maximum atomic E-state index is 12.9. The van der Waals surface area contributed by atoms with Crippen molar-refractivity contribution in [1.29, 1.82) is 5.26 Å². The van der Waals surface area contributed by atoms with Gasteiger partial charge in [-0.25, -0.2) is 4.39 Å². The number of rotatable bonds is 2. The Morgan fingerprint density at radius 2 is 2.27 bits per heavy atom. The van der Waals surface area contributed by atoms with Gasteiger partial charge in [0.15, 0.2) is 0 Å². The summed E-state index contributed by atoms with van der Waals surface area (Å²) in [5, 5.41) is 10.9. The van der Waals surface area contributed by atoms with Gasteiger partial charge >= 0.3 is 0 Å². The molecule has 0 aliphatic carbocycles. The number of hydrogen-bond acceptors (Lipinski definition) is 2. The predicted octanol–water partition coefficient (Wildman–Crippen LogP) is 2.23. The molecule has 0 fully saturated rings. The zero-order valence-electron chi connectivity index (χ0n) is 7.92. The van der Waals surface area contributed by atoms with Gasteiger partial charge < -0.3 is 5.32 Å². The van der Waals surface area contributed by atoms with Crippen LogP contribution in [0.3, 0.4) is 0 Å². The van der Waals surface area contributed by atoms with Gasteiger partial charge in [0.1, 0.15) is 11.9 Å². The van der Waals surface area contributed by atoms with Crippen molar-refractivity contribution in [3.8, 4) is 6.07 Å². The summed E-state index contributed by atoms with van der Waals surface area (Å²) in [6, 6.07) is 5.12. The molecular weight excluding hydrogens is 263 g/mol. The first-order valence-electron chi connectivity index (χ1n) is 4.19.